The number of rotatable bonds is 6. The maximum Gasteiger partial charge on any atom is 0.224 e. The van der Waals surface area contributed by atoms with Gasteiger partial charge < -0.3 is 25.3 Å². The molecule has 0 spiro atoms. The van der Waals surface area contributed by atoms with E-state index in [-0.39, 0.29) is 35.3 Å². The number of amides is 1. The molecule has 1 amide bonds. The van der Waals surface area contributed by atoms with Crippen molar-refractivity contribution in [1.29, 1.82) is 0 Å². The van der Waals surface area contributed by atoms with Gasteiger partial charge in [-0.15, -0.1) is 0 Å². The number of unbranched alkanes of at least 4 members (excludes halogenated alkanes) is 2. The Balaban J connectivity index is 1.86. The number of benzene rings is 4. The summed E-state index contributed by atoms with van der Waals surface area (Å²) in [6.45, 7) is 2.07. The van der Waals surface area contributed by atoms with E-state index in [4.69, 9.17) is 0 Å². The molecule has 2 unspecified atom stereocenters. The molecular weight excluding hydrogens is 454 g/mol. The third-order valence-corrected chi connectivity index (χ3v) is 6.98. The summed E-state index contributed by atoms with van der Waals surface area (Å²) in [5, 5.41) is 44.4. The van der Waals surface area contributed by atoms with Gasteiger partial charge in [0.2, 0.25) is 5.91 Å². The van der Waals surface area contributed by atoms with Crippen LogP contribution in [0.4, 0.5) is 0 Å². The first-order valence-electron chi connectivity index (χ1n) is 12.3. The van der Waals surface area contributed by atoms with Crippen LogP contribution in [0, 0.1) is 0 Å². The average molecular weight is 484 g/mol. The van der Waals surface area contributed by atoms with Crippen LogP contribution < -0.4 is 0 Å². The van der Waals surface area contributed by atoms with Gasteiger partial charge in [0.05, 0.1) is 12.1 Å². The fourth-order valence-electron chi connectivity index (χ4n) is 5.42. The number of carbonyl (C=O) groups excluding carboxylic acids is 1. The minimum Gasteiger partial charge on any atom is -0.508 e. The highest BCUT2D eigenvalue weighted by molar-refractivity contribution is 5.96. The normalized spacial score (nSPS) is 16.9. The van der Waals surface area contributed by atoms with E-state index in [1.54, 1.807) is 65.6 Å². The molecule has 4 aromatic rings. The van der Waals surface area contributed by atoms with Crippen molar-refractivity contribution in [3.8, 4) is 23.0 Å². The Labute approximate surface area is 209 Å². The Morgan fingerprint density at radius 2 is 1.28 bits per heavy atom. The molecule has 4 aromatic carbocycles. The molecule has 0 aromatic heterocycles. The monoisotopic (exact) mass is 483 g/mol. The lowest BCUT2D eigenvalue weighted by Gasteiger charge is -2.44. The summed E-state index contributed by atoms with van der Waals surface area (Å²) in [6.07, 6.45) is 2.85. The van der Waals surface area contributed by atoms with Crippen LogP contribution in [0.5, 0.6) is 23.0 Å². The number of hydrogen-bond acceptors (Lipinski definition) is 5. The third kappa shape index (κ3) is 3.98. The lowest BCUT2D eigenvalue weighted by Crippen LogP contribution is -2.41. The van der Waals surface area contributed by atoms with Gasteiger partial charge in [0, 0.05) is 22.9 Å². The molecular formula is C30H29NO5. The first kappa shape index (κ1) is 23.5. The van der Waals surface area contributed by atoms with E-state index in [1.165, 1.54) is 0 Å². The van der Waals surface area contributed by atoms with Crippen molar-refractivity contribution in [2.24, 2.45) is 0 Å². The van der Waals surface area contributed by atoms with Crippen LogP contribution in [0.25, 0.3) is 10.8 Å². The Kier molecular flexibility index (Phi) is 6.18. The Bertz CT molecular complexity index is 1350. The van der Waals surface area contributed by atoms with Crippen LogP contribution in [-0.2, 0) is 4.79 Å². The summed E-state index contributed by atoms with van der Waals surface area (Å²) in [5.41, 5.74) is 2.29. The van der Waals surface area contributed by atoms with Gasteiger partial charge in [0.15, 0.2) is 0 Å². The molecule has 0 radical (unpaired) electrons. The number of aromatic hydroxyl groups is 4. The van der Waals surface area contributed by atoms with E-state index in [2.05, 4.69) is 6.92 Å². The number of hydrogen-bond donors (Lipinski definition) is 4. The highest BCUT2D eigenvalue weighted by atomic mass is 16.3. The Morgan fingerprint density at radius 3 is 1.75 bits per heavy atom. The predicted molar refractivity (Wildman–Crippen MR) is 138 cm³/mol. The minimum absolute atomic E-state index is 0.00316. The SMILES string of the molecule is CCCCCC(=O)N1C(c2cccc(O)c2)c2c(O)ccc3ccc(O)c(c23)C1c1cccc(O)c1. The molecule has 5 rings (SSSR count). The highest BCUT2D eigenvalue weighted by Crippen LogP contribution is 2.54. The first-order valence-corrected chi connectivity index (χ1v) is 12.3. The molecule has 0 saturated heterocycles. The molecule has 6 heteroatoms. The van der Waals surface area contributed by atoms with E-state index >= 15 is 0 Å². The quantitative estimate of drug-likeness (QED) is 0.242. The molecule has 6 nitrogen and oxygen atoms in total. The summed E-state index contributed by atoms with van der Waals surface area (Å²) in [5.74, 6) is -0.0384. The molecule has 0 aliphatic carbocycles. The molecule has 184 valence electrons. The van der Waals surface area contributed by atoms with Crippen LogP contribution in [0.3, 0.4) is 0 Å². The van der Waals surface area contributed by atoms with Gasteiger partial charge in [-0.25, -0.2) is 0 Å². The molecule has 1 aliphatic rings. The predicted octanol–water partition coefficient (Wildman–Crippen LogP) is 6.26. The maximum atomic E-state index is 14.0. The molecule has 2 atom stereocenters. The summed E-state index contributed by atoms with van der Waals surface area (Å²) in [7, 11) is 0. The molecule has 1 aliphatic heterocycles. The second-order valence-corrected chi connectivity index (χ2v) is 9.35. The van der Waals surface area contributed by atoms with Crippen LogP contribution in [0.15, 0.2) is 72.8 Å². The van der Waals surface area contributed by atoms with E-state index in [1.807, 2.05) is 12.1 Å². The van der Waals surface area contributed by atoms with E-state index < -0.39 is 12.1 Å². The standard InChI is InChI=1S/C30H29NO5/c1-2-3-4-11-25(36)31-29(19-7-5-9-21(32)16-19)27-23(34)14-12-18-13-15-24(35)28(26(18)27)30(31)20-8-6-10-22(33)17-20/h5-10,12-17,29-30,32-35H,2-4,11H2,1H3. The minimum atomic E-state index is -0.725. The zero-order valence-electron chi connectivity index (χ0n) is 20.1. The van der Waals surface area contributed by atoms with Gasteiger partial charge in [0.1, 0.15) is 23.0 Å². The van der Waals surface area contributed by atoms with Gasteiger partial charge >= 0.3 is 0 Å². The maximum absolute atomic E-state index is 14.0. The summed E-state index contributed by atoms with van der Waals surface area (Å²) in [6, 6.07) is 18.7. The number of nitrogens with zero attached hydrogens (tertiary/aromatic N) is 1. The molecule has 0 fully saturated rings. The third-order valence-electron chi connectivity index (χ3n) is 6.98. The smallest absolute Gasteiger partial charge is 0.224 e. The average Bonchev–Trinajstić information content (AvgIpc) is 2.86. The second-order valence-electron chi connectivity index (χ2n) is 9.35. The van der Waals surface area contributed by atoms with Crippen LogP contribution in [0.1, 0.15) is 66.9 Å². The van der Waals surface area contributed by atoms with Crippen molar-refractivity contribution >= 4 is 16.7 Å². The van der Waals surface area contributed by atoms with Gasteiger partial charge in [-0.1, -0.05) is 56.2 Å². The number of phenolic OH excluding ortho intramolecular Hbond substituents is 4. The van der Waals surface area contributed by atoms with Gasteiger partial charge in [0.25, 0.3) is 0 Å². The van der Waals surface area contributed by atoms with Gasteiger partial charge in [-0.2, -0.15) is 0 Å². The van der Waals surface area contributed by atoms with Crippen LogP contribution >= 0.6 is 0 Å². The first-order chi connectivity index (χ1) is 17.4. The molecule has 0 saturated carbocycles. The van der Waals surface area contributed by atoms with Crippen LogP contribution in [-0.4, -0.2) is 31.2 Å². The van der Waals surface area contributed by atoms with Crippen molar-refractivity contribution < 1.29 is 25.2 Å². The molecule has 36 heavy (non-hydrogen) atoms. The molecule has 0 bridgehead atoms. The van der Waals surface area contributed by atoms with E-state index in [0.29, 0.717) is 34.1 Å². The lowest BCUT2D eigenvalue weighted by atomic mass is 9.79. The highest BCUT2D eigenvalue weighted by Gasteiger charge is 2.43. The number of phenols is 4. The fraction of sp³-hybridized carbons (Fsp3) is 0.233. The van der Waals surface area contributed by atoms with Crippen molar-refractivity contribution in [3.63, 3.8) is 0 Å². The summed E-state index contributed by atoms with van der Waals surface area (Å²) >= 11 is 0. The second kappa shape index (κ2) is 9.46. The topological polar surface area (TPSA) is 101 Å². The summed E-state index contributed by atoms with van der Waals surface area (Å²) in [4.78, 5) is 15.7. The van der Waals surface area contributed by atoms with Crippen molar-refractivity contribution in [1.82, 2.24) is 4.90 Å². The Morgan fingerprint density at radius 1 is 0.750 bits per heavy atom. The van der Waals surface area contributed by atoms with Gasteiger partial charge in [-0.05, 0) is 59.3 Å². The lowest BCUT2D eigenvalue weighted by molar-refractivity contribution is -0.135. The molecule has 4 N–H and O–H groups in total. The fourth-order valence-corrected chi connectivity index (χ4v) is 5.42. The Hall–Kier alpha value is -4.19. The van der Waals surface area contributed by atoms with Crippen molar-refractivity contribution in [2.75, 3.05) is 0 Å². The van der Waals surface area contributed by atoms with Gasteiger partial charge in [-0.3, -0.25) is 4.79 Å². The van der Waals surface area contributed by atoms with E-state index in [9.17, 15) is 25.2 Å². The van der Waals surface area contributed by atoms with E-state index in [0.717, 1.165) is 18.2 Å². The number of carbonyl (C=O) groups is 1. The zero-order valence-corrected chi connectivity index (χ0v) is 20.1. The summed E-state index contributed by atoms with van der Waals surface area (Å²) < 4.78 is 0. The van der Waals surface area contributed by atoms with Crippen molar-refractivity contribution in [3.05, 3.63) is 95.1 Å². The van der Waals surface area contributed by atoms with Crippen LogP contribution in [0.2, 0.25) is 0 Å². The largest absolute Gasteiger partial charge is 0.508 e. The van der Waals surface area contributed by atoms with Crippen molar-refractivity contribution in [2.45, 2.75) is 44.7 Å². The zero-order chi connectivity index (χ0) is 25.4. The molecule has 1 heterocycles.